The van der Waals surface area contributed by atoms with Crippen molar-refractivity contribution in [1.82, 2.24) is 4.98 Å². The SMILES string of the molecule is O=C(Nc1cccnc1Br)c1ccc(Br)cc1C(F)(F)F. The van der Waals surface area contributed by atoms with Crippen molar-refractivity contribution in [3.63, 3.8) is 0 Å². The molecule has 0 atom stereocenters. The van der Waals surface area contributed by atoms with E-state index in [1.807, 2.05) is 0 Å². The number of nitrogens with one attached hydrogen (secondary N) is 1. The fourth-order valence-corrected chi connectivity index (χ4v) is 2.33. The van der Waals surface area contributed by atoms with Crippen molar-refractivity contribution < 1.29 is 18.0 Å². The number of benzene rings is 1. The number of halogens is 5. The average molecular weight is 424 g/mol. The predicted octanol–water partition coefficient (Wildman–Crippen LogP) is 4.88. The second kappa shape index (κ2) is 6.15. The van der Waals surface area contributed by atoms with Crippen molar-refractivity contribution in [2.75, 3.05) is 5.32 Å². The fourth-order valence-electron chi connectivity index (χ4n) is 1.62. The molecule has 2 aromatic rings. The molecule has 0 radical (unpaired) electrons. The third-order valence-electron chi connectivity index (χ3n) is 2.54. The molecule has 0 saturated carbocycles. The summed E-state index contributed by atoms with van der Waals surface area (Å²) in [6, 6.07) is 6.45. The van der Waals surface area contributed by atoms with Gasteiger partial charge in [0.25, 0.3) is 5.91 Å². The molecule has 1 aromatic heterocycles. The normalized spacial score (nSPS) is 11.3. The summed E-state index contributed by atoms with van der Waals surface area (Å²) in [7, 11) is 0. The summed E-state index contributed by atoms with van der Waals surface area (Å²) in [5.41, 5.74) is -1.17. The molecular weight excluding hydrogens is 417 g/mol. The summed E-state index contributed by atoms with van der Waals surface area (Å²) in [4.78, 5) is 16.0. The van der Waals surface area contributed by atoms with Crippen molar-refractivity contribution in [3.8, 4) is 0 Å². The Morgan fingerprint density at radius 1 is 1.19 bits per heavy atom. The zero-order chi connectivity index (χ0) is 15.6. The molecular formula is C13H7Br2F3N2O. The lowest BCUT2D eigenvalue weighted by Crippen LogP contribution is -2.19. The van der Waals surface area contributed by atoms with Gasteiger partial charge in [-0.2, -0.15) is 13.2 Å². The second-order valence-corrected chi connectivity index (χ2v) is 5.65. The molecule has 0 bridgehead atoms. The van der Waals surface area contributed by atoms with Crippen molar-refractivity contribution in [3.05, 3.63) is 56.7 Å². The highest BCUT2D eigenvalue weighted by Gasteiger charge is 2.35. The molecule has 1 aromatic carbocycles. The number of carbonyl (C=O) groups is 1. The van der Waals surface area contributed by atoms with E-state index in [0.29, 0.717) is 10.3 Å². The van der Waals surface area contributed by atoms with Crippen LogP contribution in [0, 0.1) is 0 Å². The van der Waals surface area contributed by atoms with Gasteiger partial charge in [0, 0.05) is 10.7 Å². The van der Waals surface area contributed by atoms with Gasteiger partial charge in [-0.15, -0.1) is 0 Å². The van der Waals surface area contributed by atoms with Gasteiger partial charge in [0.05, 0.1) is 16.8 Å². The Labute approximate surface area is 134 Å². The third kappa shape index (κ3) is 3.82. The van der Waals surface area contributed by atoms with Gasteiger partial charge in [-0.05, 0) is 46.3 Å². The molecule has 3 nitrogen and oxygen atoms in total. The molecule has 0 aliphatic rings. The molecule has 1 amide bonds. The Morgan fingerprint density at radius 2 is 1.90 bits per heavy atom. The highest BCUT2D eigenvalue weighted by molar-refractivity contribution is 9.10. The standard InChI is InChI=1S/C13H7Br2F3N2O/c14-7-3-4-8(9(6-7)13(16,17)18)12(21)20-10-2-1-5-19-11(10)15/h1-6H,(H,20,21). The van der Waals surface area contributed by atoms with Gasteiger partial charge < -0.3 is 5.32 Å². The predicted molar refractivity (Wildman–Crippen MR) is 79.0 cm³/mol. The monoisotopic (exact) mass is 422 g/mol. The van der Waals surface area contributed by atoms with Crippen LogP contribution in [-0.2, 0) is 6.18 Å². The Morgan fingerprint density at radius 3 is 2.52 bits per heavy atom. The van der Waals surface area contributed by atoms with E-state index in [4.69, 9.17) is 0 Å². The molecule has 0 unspecified atom stereocenters. The van der Waals surface area contributed by atoms with Gasteiger partial charge in [0.2, 0.25) is 0 Å². The Hall–Kier alpha value is -1.41. The molecule has 8 heteroatoms. The number of hydrogen-bond donors (Lipinski definition) is 1. The topological polar surface area (TPSA) is 42.0 Å². The number of anilines is 1. The zero-order valence-electron chi connectivity index (χ0n) is 10.2. The van der Waals surface area contributed by atoms with E-state index in [2.05, 4.69) is 42.2 Å². The smallest absolute Gasteiger partial charge is 0.320 e. The second-order valence-electron chi connectivity index (χ2n) is 3.98. The molecule has 1 N–H and O–H groups in total. The summed E-state index contributed by atoms with van der Waals surface area (Å²) < 4.78 is 39.5. The molecule has 0 aliphatic carbocycles. The summed E-state index contributed by atoms with van der Waals surface area (Å²) >= 11 is 6.08. The van der Waals surface area contributed by atoms with Crippen LogP contribution in [0.15, 0.2) is 45.6 Å². The molecule has 0 saturated heterocycles. The van der Waals surface area contributed by atoms with Crippen LogP contribution in [-0.4, -0.2) is 10.9 Å². The number of nitrogens with zero attached hydrogens (tertiary/aromatic N) is 1. The maximum atomic E-state index is 13.0. The minimum absolute atomic E-state index is 0.244. The Kier molecular flexibility index (Phi) is 4.67. The first-order chi connectivity index (χ1) is 9.79. The molecule has 0 fully saturated rings. The summed E-state index contributed by atoms with van der Waals surface area (Å²) in [5, 5.41) is 2.39. The van der Waals surface area contributed by atoms with Gasteiger partial charge in [0.1, 0.15) is 4.60 Å². The highest BCUT2D eigenvalue weighted by atomic mass is 79.9. The zero-order valence-corrected chi connectivity index (χ0v) is 13.4. The molecule has 0 spiro atoms. The molecule has 0 aliphatic heterocycles. The van der Waals surface area contributed by atoms with Crippen LogP contribution < -0.4 is 5.32 Å². The summed E-state index contributed by atoms with van der Waals surface area (Å²) in [6.45, 7) is 0. The third-order valence-corrected chi connectivity index (χ3v) is 3.66. The van der Waals surface area contributed by atoms with Crippen LogP contribution in [0.4, 0.5) is 18.9 Å². The molecule has 1 heterocycles. The minimum Gasteiger partial charge on any atom is -0.320 e. The number of amides is 1. The number of rotatable bonds is 2. The minimum atomic E-state index is -4.62. The van der Waals surface area contributed by atoms with Crippen LogP contribution in [0.3, 0.4) is 0 Å². The number of carbonyl (C=O) groups excluding carboxylic acids is 1. The van der Waals surface area contributed by atoms with Crippen LogP contribution in [0.1, 0.15) is 15.9 Å². The fraction of sp³-hybridized carbons (Fsp3) is 0.0769. The van der Waals surface area contributed by atoms with Crippen molar-refractivity contribution in [2.24, 2.45) is 0 Å². The van der Waals surface area contributed by atoms with Crippen molar-refractivity contribution in [2.45, 2.75) is 6.18 Å². The largest absolute Gasteiger partial charge is 0.417 e. The first-order valence-electron chi connectivity index (χ1n) is 5.57. The Bertz CT molecular complexity index is 689. The maximum absolute atomic E-state index is 13.0. The van der Waals surface area contributed by atoms with Gasteiger partial charge in [-0.1, -0.05) is 15.9 Å². The van der Waals surface area contributed by atoms with E-state index in [1.54, 1.807) is 6.07 Å². The van der Waals surface area contributed by atoms with Gasteiger partial charge in [-0.25, -0.2) is 4.98 Å². The van der Waals surface area contributed by atoms with Crippen LogP contribution in [0.5, 0.6) is 0 Å². The molecule has 110 valence electrons. The van der Waals surface area contributed by atoms with E-state index in [-0.39, 0.29) is 4.47 Å². The van der Waals surface area contributed by atoms with E-state index in [1.165, 1.54) is 18.3 Å². The first kappa shape index (κ1) is 16.0. The first-order valence-corrected chi connectivity index (χ1v) is 7.16. The number of alkyl halides is 3. The highest BCUT2D eigenvalue weighted by Crippen LogP contribution is 2.34. The van der Waals surface area contributed by atoms with Crippen molar-refractivity contribution in [1.29, 1.82) is 0 Å². The summed E-state index contributed by atoms with van der Waals surface area (Å²) in [5.74, 6) is -0.858. The van der Waals surface area contributed by atoms with Crippen LogP contribution >= 0.6 is 31.9 Å². The maximum Gasteiger partial charge on any atom is 0.417 e. The molecule has 2 rings (SSSR count). The quantitative estimate of drug-likeness (QED) is 0.699. The lowest BCUT2D eigenvalue weighted by molar-refractivity contribution is -0.137. The van der Waals surface area contributed by atoms with E-state index >= 15 is 0 Å². The van der Waals surface area contributed by atoms with Crippen LogP contribution in [0.25, 0.3) is 0 Å². The van der Waals surface area contributed by atoms with Gasteiger partial charge in [-0.3, -0.25) is 4.79 Å². The van der Waals surface area contributed by atoms with Gasteiger partial charge in [0.15, 0.2) is 0 Å². The van der Waals surface area contributed by atoms with E-state index in [9.17, 15) is 18.0 Å². The van der Waals surface area contributed by atoms with E-state index < -0.39 is 23.2 Å². The van der Waals surface area contributed by atoms with Crippen molar-refractivity contribution >= 4 is 43.5 Å². The number of aromatic nitrogens is 1. The molecule has 21 heavy (non-hydrogen) atoms. The average Bonchev–Trinajstić information content (AvgIpc) is 2.40. The van der Waals surface area contributed by atoms with E-state index in [0.717, 1.165) is 12.1 Å². The van der Waals surface area contributed by atoms with Gasteiger partial charge >= 0.3 is 6.18 Å². The lowest BCUT2D eigenvalue weighted by Gasteiger charge is -2.13. The number of pyridine rings is 1. The van der Waals surface area contributed by atoms with Crippen LogP contribution in [0.2, 0.25) is 0 Å². The lowest BCUT2D eigenvalue weighted by atomic mass is 10.1. The Balaban J connectivity index is 2.38. The number of hydrogen-bond acceptors (Lipinski definition) is 2. The summed E-state index contributed by atoms with van der Waals surface area (Å²) in [6.07, 6.45) is -3.14.